The second-order valence-electron chi connectivity index (χ2n) is 4.98. The quantitative estimate of drug-likeness (QED) is 0.318. The average Bonchev–Trinajstić information content (AvgIpc) is 2.90. The molecule has 0 saturated carbocycles. The van der Waals surface area contributed by atoms with Crippen LogP contribution in [0, 0.1) is 17.0 Å². The van der Waals surface area contributed by atoms with E-state index in [9.17, 15) is 14.9 Å². The summed E-state index contributed by atoms with van der Waals surface area (Å²) in [6.45, 7) is 1.58. The number of carbonyl (C=O) groups is 1. The van der Waals surface area contributed by atoms with Crippen LogP contribution in [0.25, 0.3) is 11.0 Å². The minimum Gasteiger partial charge on any atom is -0.426 e. The zero-order valence-electron chi connectivity index (χ0n) is 12.2. The van der Waals surface area contributed by atoms with Crippen LogP contribution in [0.2, 0.25) is 0 Å². The third kappa shape index (κ3) is 3.03. The van der Waals surface area contributed by atoms with E-state index in [4.69, 9.17) is 9.26 Å². The van der Waals surface area contributed by atoms with E-state index in [1.54, 1.807) is 13.0 Å². The minimum absolute atomic E-state index is 0.0210. The molecule has 1 heterocycles. The van der Waals surface area contributed by atoms with Gasteiger partial charge in [0.05, 0.1) is 11.3 Å². The number of rotatable bonds is 4. The van der Waals surface area contributed by atoms with Crippen molar-refractivity contribution in [3.63, 3.8) is 0 Å². The Morgan fingerprint density at radius 2 is 2.09 bits per heavy atom. The molecule has 0 unspecified atom stereocenters. The van der Waals surface area contributed by atoms with Crippen molar-refractivity contribution in [3.8, 4) is 5.75 Å². The number of fused-ring (bicyclic) bond motifs is 1. The highest BCUT2D eigenvalue weighted by atomic mass is 16.6. The van der Waals surface area contributed by atoms with E-state index < -0.39 is 10.9 Å². The van der Waals surface area contributed by atoms with Crippen LogP contribution >= 0.6 is 0 Å². The summed E-state index contributed by atoms with van der Waals surface area (Å²) in [6.07, 6.45) is -0.0486. The number of para-hydroxylation sites is 1. The zero-order chi connectivity index (χ0) is 16.4. The van der Waals surface area contributed by atoms with Crippen molar-refractivity contribution in [2.75, 3.05) is 0 Å². The van der Waals surface area contributed by atoms with Crippen LogP contribution in [-0.4, -0.2) is 16.0 Å². The van der Waals surface area contributed by atoms with Crippen molar-refractivity contribution in [1.82, 2.24) is 5.16 Å². The maximum absolute atomic E-state index is 12.0. The molecule has 0 fully saturated rings. The first-order chi connectivity index (χ1) is 11.0. The average molecular weight is 312 g/mol. The summed E-state index contributed by atoms with van der Waals surface area (Å²) in [5.74, 6) is -0.261. The number of benzene rings is 2. The number of nitrogens with zero attached hydrogens (tertiary/aromatic N) is 2. The molecule has 3 rings (SSSR count). The summed E-state index contributed by atoms with van der Waals surface area (Å²) in [4.78, 5) is 22.3. The number of hydrogen-bond donors (Lipinski definition) is 0. The minimum atomic E-state index is -0.516. The number of aromatic nitrogens is 1. The van der Waals surface area contributed by atoms with E-state index in [1.165, 1.54) is 18.2 Å². The first-order valence-corrected chi connectivity index (χ1v) is 6.83. The molecule has 0 bridgehead atoms. The lowest BCUT2D eigenvalue weighted by atomic mass is 10.2. The Morgan fingerprint density at radius 3 is 2.83 bits per heavy atom. The van der Waals surface area contributed by atoms with Crippen LogP contribution in [0.5, 0.6) is 5.75 Å². The summed E-state index contributed by atoms with van der Waals surface area (Å²) >= 11 is 0. The molecule has 7 heteroatoms. The standard InChI is InChI=1S/C16H12N2O5/c1-10-8-11(6-7-14(10)18(20)21)22-16(19)9-13-12-4-2-3-5-15(12)23-17-13/h2-8H,9H2,1H3. The van der Waals surface area contributed by atoms with Gasteiger partial charge in [-0.15, -0.1) is 0 Å². The van der Waals surface area contributed by atoms with Gasteiger partial charge in [0, 0.05) is 17.0 Å². The van der Waals surface area contributed by atoms with Crippen molar-refractivity contribution in [2.24, 2.45) is 0 Å². The highest BCUT2D eigenvalue weighted by Crippen LogP contribution is 2.24. The molecule has 1 aromatic heterocycles. The van der Waals surface area contributed by atoms with Crippen molar-refractivity contribution >= 4 is 22.6 Å². The van der Waals surface area contributed by atoms with E-state index >= 15 is 0 Å². The van der Waals surface area contributed by atoms with Crippen molar-refractivity contribution in [2.45, 2.75) is 13.3 Å². The molecule has 0 radical (unpaired) electrons. The van der Waals surface area contributed by atoms with Gasteiger partial charge in [-0.1, -0.05) is 17.3 Å². The van der Waals surface area contributed by atoms with E-state index in [-0.39, 0.29) is 17.9 Å². The largest absolute Gasteiger partial charge is 0.426 e. The Kier molecular flexibility index (Phi) is 3.76. The summed E-state index contributed by atoms with van der Waals surface area (Å²) < 4.78 is 10.3. The summed E-state index contributed by atoms with van der Waals surface area (Å²) in [5.41, 5.74) is 1.49. The molecule has 2 aromatic carbocycles. The Balaban J connectivity index is 1.75. The number of nitro groups is 1. The maximum Gasteiger partial charge on any atom is 0.317 e. The fourth-order valence-corrected chi connectivity index (χ4v) is 2.27. The van der Waals surface area contributed by atoms with E-state index in [0.29, 0.717) is 16.8 Å². The third-order valence-electron chi connectivity index (χ3n) is 3.36. The molecule has 0 atom stereocenters. The van der Waals surface area contributed by atoms with E-state index in [0.717, 1.165) is 5.39 Å². The Bertz CT molecular complexity index is 900. The number of aryl methyl sites for hydroxylation is 1. The van der Waals surface area contributed by atoms with Crippen LogP contribution in [0.15, 0.2) is 47.0 Å². The summed E-state index contributed by atoms with van der Waals surface area (Å²) in [7, 11) is 0. The SMILES string of the molecule is Cc1cc(OC(=O)Cc2noc3ccccc23)ccc1[N+](=O)[O-]. The predicted molar refractivity (Wildman–Crippen MR) is 81.2 cm³/mol. The zero-order valence-corrected chi connectivity index (χ0v) is 12.2. The fourth-order valence-electron chi connectivity index (χ4n) is 2.27. The summed E-state index contributed by atoms with van der Waals surface area (Å²) in [5, 5.41) is 15.4. The molecule has 0 aliphatic heterocycles. The number of carbonyl (C=O) groups excluding carboxylic acids is 1. The number of hydrogen-bond acceptors (Lipinski definition) is 6. The van der Waals surface area contributed by atoms with Gasteiger partial charge in [0.1, 0.15) is 11.4 Å². The smallest absolute Gasteiger partial charge is 0.317 e. The van der Waals surface area contributed by atoms with Crippen molar-refractivity contribution in [3.05, 3.63) is 63.8 Å². The molecular formula is C16H12N2O5. The predicted octanol–water partition coefficient (Wildman–Crippen LogP) is 3.19. The van der Waals surface area contributed by atoms with Crippen LogP contribution in [0.3, 0.4) is 0 Å². The van der Waals surface area contributed by atoms with E-state index in [1.807, 2.05) is 18.2 Å². The second-order valence-corrected chi connectivity index (χ2v) is 4.98. The second kappa shape index (κ2) is 5.88. The Morgan fingerprint density at radius 1 is 1.30 bits per heavy atom. The van der Waals surface area contributed by atoms with Gasteiger partial charge < -0.3 is 9.26 Å². The fraction of sp³-hybridized carbons (Fsp3) is 0.125. The van der Waals surface area contributed by atoms with Gasteiger partial charge >= 0.3 is 5.97 Å². The Labute approximate surface area is 130 Å². The monoisotopic (exact) mass is 312 g/mol. The molecule has 0 spiro atoms. The van der Waals surface area contributed by atoms with Crippen LogP contribution in [0.1, 0.15) is 11.3 Å². The first-order valence-electron chi connectivity index (χ1n) is 6.83. The summed E-state index contributed by atoms with van der Waals surface area (Å²) in [6, 6.07) is 11.4. The van der Waals surface area contributed by atoms with Gasteiger partial charge in [-0.3, -0.25) is 14.9 Å². The maximum atomic E-state index is 12.0. The normalized spacial score (nSPS) is 10.7. The number of esters is 1. The van der Waals surface area contributed by atoms with Crippen LogP contribution in [0.4, 0.5) is 5.69 Å². The van der Waals surface area contributed by atoms with Gasteiger partial charge in [-0.05, 0) is 31.2 Å². The molecule has 0 aliphatic rings. The molecular weight excluding hydrogens is 300 g/mol. The molecule has 0 aliphatic carbocycles. The first kappa shape index (κ1) is 14.7. The van der Waals surface area contributed by atoms with E-state index in [2.05, 4.69) is 5.16 Å². The molecule has 23 heavy (non-hydrogen) atoms. The van der Waals surface area contributed by atoms with Crippen molar-refractivity contribution in [1.29, 1.82) is 0 Å². The van der Waals surface area contributed by atoms with Gasteiger partial charge in [-0.2, -0.15) is 0 Å². The van der Waals surface area contributed by atoms with Crippen LogP contribution < -0.4 is 4.74 Å². The number of nitro benzene ring substituents is 1. The molecule has 0 saturated heterocycles. The highest BCUT2D eigenvalue weighted by Gasteiger charge is 2.16. The van der Waals surface area contributed by atoms with Gasteiger partial charge in [0.25, 0.3) is 5.69 Å². The molecule has 0 N–H and O–H groups in total. The molecule has 3 aromatic rings. The molecule has 0 amide bonds. The lowest BCUT2D eigenvalue weighted by Gasteiger charge is -2.04. The lowest BCUT2D eigenvalue weighted by molar-refractivity contribution is -0.385. The topological polar surface area (TPSA) is 95.5 Å². The highest BCUT2D eigenvalue weighted by molar-refractivity contribution is 5.84. The Hall–Kier alpha value is -3.22. The van der Waals surface area contributed by atoms with Crippen molar-refractivity contribution < 1.29 is 19.0 Å². The van der Waals surface area contributed by atoms with Gasteiger partial charge in [-0.25, -0.2) is 0 Å². The lowest BCUT2D eigenvalue weighted by Crippen LogP contribution is -2.11. The third-order valence-corrected chi connectivity index (χ3v) is 3.36. The molecule has 7 nitrogen and oxygen atoms in total. The number of ether oxygens (including phenoxy) is 1. The van der Waals surface area contributed by atoms with Gasteiger partial charge in [0.15, 0.2) is 5.58 Å². The van der Waals surface area contributed by atoms with Crippen LogP contribution in [-0.2, 0) is 11.2 Å². The van der Waals surface area contributed by atoms with Gasteiger partial charge in [0.2, 0.25) is 0 Å². The molecule has 116 valence electrons.